The summed E-state index contributed by atoms with van der Waals surface area (Å²) in [5, 5.41) is 3.00. The van der Waals surface area contributed by atoms with Gasteiger partial charge < -0.3 is 24.6 Å². The minimum Gasteiger partial charge on any atom is -0.489 e. The van der Waals surface area contributed by atoms with E-state index in [0.29, 0.717) is 39.1 Å². The molecular formula is C30H39N3O5. The van der Waals surface area contributed by atoms with Crippen molar-refractivity contribution in [2.75, 3.05) is 26.7 Å². The lowest BCUT2D eigenvalue weighted by atomic mass is 9.92. The lowest BCUT2D eigenvalue weighted by Gasteiger charge is -2.35. The molecule has 2 atom stereocenters. The first-order valence-corrected chi connectivity index (χ1v) is 13.6. The Bertz CT molecular complexity index is 1070. The van der Waals surface area contributed by atoms with Gasteiger partial charge in [0.15, 0.2) is 0 Å². The Morgan fingerprint density at radius 3 is 2.32 bits per heavy atom. The number of methoxy groups -OCH3 is 1. The maximum atomic E-state index is 13.0. The summed E-state index contributed by atoms with van der Waals surface area (Å²) in [7, 11) is 1.60. The molecule has 2 heterocycles. The fraction of sp³-hybridized carbons (Fsp3) is 0.500. The number of likely N-dealkylation sites (tertiary alicyclic amines) is 2. The monoisotopic (exact) mass is 521 g/mol. The second-order valence-corrected chi connectivity index (χ2v) is 10.3. The van der Waals surface area contributed by atoms with Crippen LogP contribution in [0.3, 0.4) is 0 Å². The third-order valence-corrected chi connectivity index (χ3v) is 7.54. The highest BCUT2D eigenvalue weighted by Crippen LogP contribution is 2.25. The summed E-state index contributed by atoms with van der Waals surface area (Å²) >= 11 is 0. The molecule has 2 aliphatic rings. The van der Waals surface area contributed by atoms with Crippen LogP contribution in [-0.4, -0.2) is 66.5 Å². The predicted molar refractivity (Wildman–Crippen MR) is 144 cm³/mol. The van der Waals surface area contributed by atoms with Crippen molar-refractivity contribution in [3.05, 3.63) is 65.7 Å². The van der Waals surface area contributed by atoms with Crippen molar-refractivity contribution in [3.8, 4) is 5.75 Å². The Morgan fingerprint density at radius 1 is 0.947 bits per heavy atom. The normalized spacial score (nSPS) is 18.7. The van der Waals surface area contributed by atoms with Gasteiger partial charge >= 0.3 is 0 Å². The van der Waals surface area contributed by atoms with Crippen LogP contribution in [0.1, 0.15) is 50.2 Å². The number of ether oxygens (including phenoxy) is 2. The van der Waals surface area contributed by atoms with E-state index in [9.17, 15) is 14.4 Å². The summed E-state index contributed by atoms with van der Waals surface area (Å²) < 4.78 is 11.4. The molecule has 2 saturated heterocycles. The van der Waals surface area contributed by atoms with Crippen molar-refractivity contribution in [1.29, 1.82) is 0 Å². The second kappa shape index (κ2) is 13.4. The van der Waals surface area contributed by atoms with Gasteiger partial charge in [-0.05, 0) is 54.9 Å². The Balaban J connectivity index is 1.18. The van der Waals surface area contributed by atoms with E-state index in [1.54, 1.807) is 12.0 Å². The van der Waals surface area contributed by atoms with E-state index in [4.69, 9.17) is 9.47 Å². The van der Waals surface area contributed by atoms with Gasteiger partial charge in [-0.2, -0.15) is 0 Å². The summed E-state index contributed by atoms with van der Waals surface area (Å²) in [4.78, 5) is 41.1. The predicted octanol–water partition coefficient (Wildman–Crippen LogP) is 3.54. The zero-order chi connectivity index (χ0) is 26.9. The fourth-order valence-corrected chi connectivity index (χ4v) is 5.34. The molecule has 2 aromatic carbocycles. The Kier molecular flexibility index (Phi) is 9.76. The summed E-state index contributed by atoms with van der Waals surface area (Å²) in [6, 6.07) is 17.6. The van der Waals surface area contributed by atoms with Crippen molar-refractivity contribution in [3.63, 3.8) is 0 Å². The molecule has 8 heteroatoms. The van der Waals surface area contributed by atoms with E-state index in [1.807, 2.05) is 59.5 Å². The second-order valence-electron chi connectivity index (χ2n) is 10.3. The van der Waals surface area contributed by atoms with Gasteiger partial charge in [-0.25, -0.2) is 0 Å². The molecule has 0 aliphatic carbocycles. The SMILES string of the molecule is CO[C@H](Cc1ccc(OCc2ccccc2)cc1)NC(=O)CC1CCN(C(=O)[C@@H]2CCCN2C(C)=O)CC1. The molecule has 0 radical (unpaired) electrons. The number of piperidine rings is 1. The van der Waals surface area contributed by atoms with Crippen molar-refractivity contribution in [1.82, 2.24) is 15.1 Å². The molecule has 204 valence electrons. The van der Waals surface area contributed by atoms with Gasteiger partial charge in [0.05, 0.1) is 0 Å². The van der Waals surface area contributed by atoms with Crippen LogP contribution >= 0.6 is 0 Å². The van der Waals surface area contributed by atoms with E-state index in [0.717, 1.165) is 42.6 Å². The topological polar surface area (TPSA) is 88.2 Å². The number of nitrogens with one attached hydrogen (secondary N) is 1. The van der Waals surface area contributed by atoms with Crippen LogP contribution in [0.25, 0.3) is 0 Å². The number of carbonyl (C=O) groups excluding carboxylic acids is 3. The van der Waals surface area contributed by atoms with Crippen LogP contribution in [0, 0.1) is 5.92 Å². The van der Waals surface area contributed by atoms with E-state index >= 15 is 0 Å². The van der Waals surface area contributed by atoms with Crippen molar-refractivity contribution >= 4 is 17.7 Å². The number of benzene rings is 2. The fourth-order valence-electron chi connectivity index (χ4n) is 5.34. The van der Waals surface area contributed by atoms with E-state index in [2.05, 4.69) is 5.32 Å². The highest BCUT2D eigenvalue weighted by atomic mass is 16.5. The van der Waals surface area contributed by atoms with Crippen LogP contribution in [0.5, 0.6) is 5.75 Å². The molecule has 3 amide bonds. The number of nitrogens with zero attached hydrogens (tertiary/aromatic N) is 2. The molecule has 0 saturated carbocycles. The molecule has 1 N–H and O–H groups in total. The molecular weight excluding hydrogens is 482 g/mol. The van der Waals surface area contributed by atoms with Crippen LogP contribution < -0.4 is 10.1 Å². The number of hydrogen-bond donors (Lipinski definition) is 1. The van der Waals surface area contributed by atoms with Gasteiger partial charge in [0.25, 0.3) is 0 Å². The maximum Gasteiger partial charge on any atom is 0.245 e. The Morgan fingerprint density at radius 2 is 1.66 bits per heavy atom. The van der Waals surface area contributed by atoms with Crippen LogP contribution in [0.2, 0.25) is 0 Å². The van der Waals surface area contributed by atoms with Gasteiger partial charge in [0, 0.05) is 46.5 Å². The molecule has 8 nitrogen and oxygen atoms in total. The number of carbonyl (C=O) groups is 3. The van der Waals surface area contributed by atoms with Gasteiger partial charge in [0.1, 0.15) is 24.6 Å². The molecule has 0 bridgehead atoms. The lowest BCUT2D eigenvalue weighted by Crippen LogP contribution is -2.49. The maximum absolute atomic E-state index is 13.0. The molecule has 2 fully saturated rings. The smallest absolute Gasteiger partial charge is 0.245 e. The zero-order valence-corrected chi connectivity index (χ0v) is 22.4. The number of hydrogen-bond acceptors (Lipinski definition) is 5. The number of amides is 3. The minimum atomic E-state index is -0.416. The van der Waals surface area contributed by atoms with Crippen LogP contribution in [-0.2, 0) is 32.1 Å². The third-order valence-electron chi connectivity index (χ3n) is 7.54. The van der Waals surface area contributed by atoms with Crippen LogP contribution in [0.15, 0.2) is 54.6 Å². The summed E-state index contributed by atoms with van der Waals surface area (Å²) in [5.74, 6) is 0.999. The minimum absolute atomic E-state index is 0.0348. The molecule has 0 unspecified atom stereocenters. The number of rotatable bonds is 10. The summed E-state index contributed by atoms with van der Waals surface area (Å²) in [6.07, 6.45) is 3.74. The lowest BCUT2D eigenvalue weighted by molar-refractivity contribution is -0.143. The van der Waals surface area contributed by atoms with Crippen LogP contribution in [0.4, 0.5) is 0 Å². The molecule has 0 aromatic heterocycles. The van der Waals surface area contributed by atoms with Gasteiger partial charge in [-0.1, -0.05) is 42.5 Å². The van der Waals surface area contributed by atoms with Gasteiger partial charge in [-0.15, -0.1) is 0 Å². The quantitative estimate of drug-likeness (QED) is 0.484. The molecule has 2 aliphatic heterocycles. The summed E-state index contributed by atoms with van der Waals surface area (Å²) in [6.45, 7) is 3.97. The average Bonchev–Trinajstić information content (AvgIpc) is 3.43. The van der Waals surface area contributed by atoms with Gasteiger partial charge in [-0.3, -0.25) is 14.4 Å². The standard InChI is InChI=1S/C30H39N3O5/c1-22(34)33-16-6-9-27(33)30(36)32-17-14-24(15-18-32)19-28(35)31-29(37-2)20-23-10-12-26(13-11-23)38-21-25-7-4-3-5-8-25/h3-5,7-8,10-13,24,27,29H,6,9,14-21H2,1-2H3,(H,31,35)/t27-,29+/m0/s1. The third kappa shape index (κ3) is 7.57. The highest BCUT2D eigenvalue weighted by Gasteiger charge is 2.36. The average molecular weight is 522 g/mol. The Hall–Kier alpha value is -3.39. The van der Waals surface area contributed by atoms with Crippen molar-refractivity contribution < 1.29 is 23.9 Å². The largest absolute Gasteiger partial charge is 0.489 e. The summed E-state index contributed by atoms with van der Waals surface area (Å²) in [5.41, 5.74) is 2.16. The molecule has 4 rings (SSSR count). The highest BCUT2D eigenvalue weighted by molar-refractivity contribution is 5.87. The first kappa shape index (κ1) is 27.6. The van der Waals surface area contributed by atoms with E-state index in [-0.39, 0.29) is 29.7 Å². The zero-order valence-electron chi connectivity index (χ0n) is 22.4. The van der Waals surface area contributed by atoms with Crippen molar-refractivity contribution in [2.24, 2.45) is 5.92 Å². The van der Waals surface area contributed by atoms with E-state index < -0.39 is 6.23 Å². The molecule has 0 spiro atoms. The first-order valence-electron chi connectivity index (χ1n) is 13.6. The van der Waals surface area contributed by atoms with Crippen molar-refractivity contribution in [2.45, 2.75) is 64.3 Å². The Labute approximate surface area is 225 Å². The molecule has 38 heavy (non-hydrogen) atoms. The first-order chi connectivity index (χ1) is 18.4. The van der Waals surface area contributed by atoms with Gasteiger partial charge in [0.2, 0.25) is 17.7 Å². The van der Waals surface area contributed by atoms with E-state index in [1.165, 1.54) is 6.92 Å². The molecule has 2 aromatic rings.